The predicted molar refractivity (Wildman–Crippen MR) is 156 cm³/mol. The second kappa shape index (κ2) is 10.5. The van der Waals surface area contributed by atoms with Gasteiger partial charge in [0.05, 0.1) is 23.7 Å². The molecule has 11 nitrogen and oxygen atoms in total. The van der Waals surface area contributed by atoms with E-state index < -0.39 is 20.7 Å². The van der Waals surface area contributed by atoms with Gasteiger partial charge < -0.3 is 4.74 Å². The molecule has 0 saturated heterocycles. The van der Waals surface area contributed by atoms with Crippen molar-refractivity contribution in [1.29, 1.82) is 0 Å². The Morgan fingerprint density at radius 3 is 2.29 bits per heavy atom. The van der Waals surface area contributed by atoms with E-state index in [9.17, 15) is 18.0 Å². The molecule has 6 rings (SSSR count). The van der Waals surface area contributed by atoms with Crippen LogP contribution < -0.4 is 25.3 Å². The molecule has 0 unspecified atom stereocenters. The third kappa shape index (κ3) is 4.84. The summed E-state index contributed by atoms with van der Waals surface area (Å²) in [6.07, 6.45) is 0. The topological polar surface area (TPSA) is 140 Å². The average molecular weight is 583 g/mol. The van der Waals surface area contributed by atoms with Crippen LogP contribution in [0, 0.1) is 6.92 Å². The highest BCUT2D eigenvalue weighted by Gasteiger charge is 2.36. The van der Waals surface area contributed by atoms with Crippen LogP contribution in [0.1, 0.15) is 5.56 Å². The lowest BCUT2D eigenvalue weighted by atomic mass is 10.1. The number of para-hydroxylation sites is 1. The highest BCUT2D eigenvalue weighted by Crippen LogP contribution is 2.25. The summed E-state index contributed by atoms with van der Waals surface area (Å²) in [7, 11) is -2.81. The van der Waals surface area contributed by atoms with Crippen molar-refractivity contribution in [2.75, 3.05) is 11.8 Å². The molecule has 0 aliphatic rings. The summed E-state index contributed by atoms with van der Waals surface area (Å²) in [5.41, 5.74) is 1.87. The largest absolute Gasteiger partial charge is 0.497 e. The van der Waals surface area contributed by atoms with Crippen LogP contribution in [0.25, 0.3) is 33.7 Å². The zero-order chi connectivity index (χ0) is 29.4. The number of hydrogen-bond acceptors (Lipinski definition) is 7. The number of methoxy groups -OCH3 is 1. The minimum absolute atomic E-state index is 0.169. The minimum atomic E-state index is -4.38. The number of anilines is 1. The second-order valence-corrected chi connectivity index (χ2v) is 11.0. The van der Waals surface area contributed by atoms with Crippen molar-refractivity contribution in [3.63, 3.8) is 0 Å². The molecule has 210 valence electrons. The summed E-state index contributed by atoms with van der Waals surface area (Å²) in [5, 5.41) is 2.15. The van der Waals surface area contributed by atoms with Crippen LogP contribution in [-0.4, -0.2) is 30.4 Å². The normalized spacial score (nSPS) is 11.5. The summed E-state index contributed by atoms with van der Waals surface area (Å²) in [4.78, 5) is 30.9. The Morgan fingerprint density at radius 2 is 1.60 bits per heavy atom. The van der Waals surface area contributed by atoms with Gasteiger partial charge in [0.1, 0.15) is 11.6 Å². The van der Waals surface area contributed by atoms with Crippen molar-refractivity contribution >= 4 is 26.6 Å². The van der Waals surface area contributed by atoms with Crippen LogP contribution in [-0.2, 0) is 10.0 Å². The zero-order valence-corrected chi connectivity index (χ0v) is 23.3. The molecule has 2 heterocycles. The molecule has 42 heavy (non-hydrogen) atoms. The number of fused-ring (bicyclic) bond motifs is 1. The molecule has 0 atom stereocenters. The lowest BCUT2D eigenvalue weighted by Crippen LogP contribution is -2.42. The van der Waals surface area contributed by atoms with Crippen LogP contribution in [0.5, 0.6) is 5.75 Å². The fourth-order valence-electron chi connectivity index (χ4n) is 4.55. The Morgan fingerprint density at radius 1 is 0.905 bits per heavy atom. The maximum atomic E-state index is 13.7. The molecule has 12 heteroatoms. The molecule has 0 fully saturated rings. The van der Waals surface area contributed by atoms with Gasteiger partial charge in [-0.05, 0) is 77.5 Å². The molecule has 2 N–H and O–H groups in total. The first-order chi connectivity index (χ1) is 20.2. The van der Waals surface area contributed by atoms with Gasteiger partial charge in [-0.2, -0.15) is 8.42 Å². The Labute approximate surface area is 239 Å². The van der Waals surface area contributed by atoms with Gasteiger partial charge in [0, 0.05) is 23.4 Å². The first-order valence-electron chi connectivity index (χ1n) is 12.8. The fraction of sp³-hybridized carbons (Fsp3) is 0.0667. The second-order valence-electron chi connectivity index (χ2n) is 9.43. The quantitative estimate of drug-likeness (QED) is 0.273. The van der Waals surface area contributed by atoms with Crippen molar-refractivity contribution in [3.05, 3.63) is 123 Å². The average Bonchev–Trinajstić information content (AvgIpc) is 3.40. The van der Waals surface area contributed by atoms with E-state index in [1.807, 2.05) is 13.0 Å². The number of nitrogens with one attached hydrogen (secondary N) is 2. The van der Waals surface area contributed by atoms with Gasteiger partial charge in [0.15, 0.2) is 0 Å². The molecule has 0 amide bonds. The number of nitrogens with zero attached hydrogens (tertiary/aromatic N) is 3. The number of aromatic nitrogens is 4. The molecule has 0 radical (unpaired) electrons. The van der Waals surface area contributed by atoms with Crippen LogP contribution in [0.15, 0.2) is 116 Å². The van der Waals surface area contributed by atoms with Gasteiger partial charge in [0.2, 0.25) is 5.69 Å². The van der Waals surface area contributed by atoms with E-state index in [1.165, 1.54) is 16.7 Å². The maximum absolute atomic E-state index is 13.7. The lowest BCUT2D eigenvalue weighted by Gasteiger charge is -2.15. The third-order valence-corrected chi connectivity index (χ3v) is 8.02. The van der Waals surface area contributed by atoms with Crippen LogP contribution in [0.2, 0.25) is 0 Å². The molecule has 4 aromatic carbocycles. The van der Waals surface area contributed by atoms with Gasteiger partial charge in [-0.1, -0.05) is 29.8 Å². The number of benzene rings is 4. The summed E-state index contributed by atoms with van der Waals surface area (Å²) in [6, 6.07) is 27.3. The number of aryl methyl sites for hydroxylation is 1. The summed E-state index contributed by atoms with van der Waals surface area (Å²) >= 11 is 0. The number of hydrogen-bond donors (Lipinski definition) is 2. The van der Waals surface area contributed by atoms with Gasteiger partial charge in [-0.25, -0.2) is 9.78 Å². The minimum Gasteiger partial charge on any atom is -0.497 e. The highest BCUT2D eigenvalue weighted by molar-refractivity contribution is 7.92. The Balaban J connectivity index is 1.39. The van der Waals surface area contributed by atoms with Gasteiger partial charge in [0.25, 0.3) is 5.56 Å². The Kier molecular flexibility index (Phi) is 6.67. The van der Waals surface area contributed by atoms with Crippen molar-refractivity contribution in [3.8, 4) is 28.5 Å². The van der Waals surface area contributed by atoms with E-state index in [4.69, 9.17) is 14.2 Å². The zero-order valence-electron chi connectivity index (χ0n) is 22.4. The van der Waals surface area contributed by atoms with Crippen molar-refractivity contribution < 1.29 is 22.4 Å². The van der Waals surface area contributed by atoms with Gasteiger partial charge >= 0.3 is 20.7 Å². The molecule has 6 aromatic rings. The number of aromatic amines is 1. The van der Waals surface area contributed by atoms with E-state index in [-0.39, 0.29) is 11.2 Å². The number of sulfonamides is 1. The molecule has 0 bridgehead atoms. The van der Waals surface area contributed by atoms with Crippen LogP contribution in [0.3, 0.4) is 0 Å². The van der Waals surface area contributed by atoms with Crippen molar-refractivity contribution in [1.82, 2.24) is 14.8 Å². The van der Waals surface area contributed by atoms with E-state index in [0.717, 1.165) is 10.2 Å². The first kappa shape index (κ1) is 26.7. The number of rotatable bonds is 7. The molecule has 2 aromatic heterocycles. The maximum Gasteiger partial charge on any atom is 0.449 e. The smallest absolute Gasteiger partial charge is 0.449 e. The molecular weight excluding hydrogens is 558 g/mol. The van der Waals surface area contributed by atoms with E-state index in [2.05, 4.69) is 9.99 Å². The summed E-state index contributed by atoms with van der Waals surface area (Å²) in [6.45, 7) is 1.89. The molecular formula is C30H24N5O6S+. The molecule has 0 aliphatic heterocycles. The highest BCUT2D eigenvalue weighted by atomic mass is 32.2. The molecule has 0 aliphatic carbocycles. The predicted octanol–water partition coefficient (Wildman–Crippen LogP) is 3.73. The lowest BCUT2D eigenvalue weighted by molar-refractivity contribution is -0.705. The number of ether oxygens (including phenoxy) is 1. The monoisotopic (exact) mass is 582 g/mol. The summed E-state index contributed by atoms with van der Waals surface area (Å²) in [5.74, 6) is 1.06. The van der Waals surface area contributed by atoms with E-state index >= 15 is 0 Å². The Hall–Kier alpha value is -5.49. The van der Waals surface area contributed by atoms with Gasteiger partial charge in [-0.3, -0.25) is 18.6 Å². The standard InChI is InChI=1S/C30H23N5O6S/c1-19-7-13-23(14-8-19)35-29(30(37)41-33-35)42(38,39)32-21-11-15-22(16-12-21)34-27(20-9-17-24(40-2)18-10-20)31-26-6-4-3-5-25(26)28(34)36/h3-18,32H,1-2H3/p+1. The van der Waals surface area contributed by atoms with Crippen LogP contribution in [0.4, 0.5) is 5.69 Å². The van der Waals surface area contributed by atoms with Crippen LogP contribution >= 0.6 is 0 Å². The third-order valence-electron chi connectivity index (χ3n) is 6.66. The SMILES string of the molecule is COc1ccc(-c2nc3ccccc3c(=O)n2-c2ccc(NS(=O)(=O)c3c(=O)o[nH][n+]3-c3ccc(C)cc3)cc2)cc1. The number of H-pyrrole nitrogens is 1. The van der Waals surface area contributed by atoms with Crippen molar-refractivity contribution in [2.24, 2.45) is 0 Å². The Bertz CT molecular complexity index is 2150. The van der Waals surface area contributed by atoms with E-state index in [0.29, 0.717) is 39.4 Å². The molecule has 0 saturated carbocycles. The molecule has 0 spiro atoms. The fourth-order valence-corrected chi connectivity index (χ4v) is 5.73. The summed E-state index contributed by atoms with van der Waals surface area (Å²) < 4.78 is 41.6. The first-order valence-corrected chi connectivity index (χ1v) is 14.2. The van der Waals surface area contributed by atoms with E-state index in [1.54, 1.807) is 86.0 Å². The van der Waals surface area contributed by atoms with Crippen molar-refractivity contribution in [2.45, 2.75) is 11.9 Å². The van der Waals surface area contributed by atoms with Gasteiger partial charge in [-0.15, -0.1) is 0 Å².